The van der Waals surface area contributed by atoms with Gasteiger partial charge < -0.3 is 16.0 Å². The number of anilines is 2. The first kappa shape index (κ1) is 13.6. The Morgan fingerprint density at radius 2 is 2.27 bits per heavy atom. The lowest BCUT2D eigenvalue weighted by Crippen LogP contribution is -2.46. The van der Waals surface area contributed by atoms with Crippen molar-refractivity contribution in [2.75, 3.05) is 23.7 Å². The maximum Gasteiger partial charge on any atom is 0.232 e. The Labute approximate surface area is 132 Å². The molecule has 2 aliphatic rings. The zero-order valence-corrected chi connectivity index (χ0v) is 13.1. The van der Waals surface area contributed by atoms with Gasteiger partial charge in [-0.3, -0.25) is 4.79 Å². The SMILES string of the molecule is C=C1CCC2(CCN(c3nc4ccc(N)cc4s3)C2)C(=O)N1. The number of fused-ring (bicyclic) bond motifs is 1. The lowest BCUT2D eigenvalue weighted by atomic mass is 9.78. The predicted octanol–water partition coefficient (Wildman–Crippen LogP) is 2.50. The van der Waals surface area contributed by atoms with Gasteiger partial charge in [0, 0.05) is 24.5 Å². The molecule has 2 aromatic rings. The first-order chi connectivity index (χ1) is 10.6. The molecule has 1 spiro atoms. The van der Waals surface area contributed by atoms with Crippen molar-refractivity contribution in [2.45, 2.75) is 19.3 Å². The number of nitrogen functional groups attached to an aromatic ring is 1. The van der Waals surface area contributed by atoms with Crippen LogP contribution in [0.3, 0.4) is 0 Å². The lowest BCUT2D eigenvalue weighted by molar-refractivity contribution is -0.131. The number of nitrogens with zero attached hydrogens (tertiary/aromatic N) is 2. The number of hydrogen-bond acceptors (Lipinski definition) is 5. The highest BCUT2D eigenvalue weighted by molar-refractivity contribution is 7.22. The molecule has 1 unspecified atom stereocenters. The van der Waals surface area contributed by atoms with Crippen molar-refractivity contribution in [3.05, 3.63) is 30.5 Å². The fourth-order valence-corrected chi connectivity index (χ4v) is 4.39. The van der Waals surface area contributed by atoms with E-state index in [0.29, 0.717) is 0 Å². The van der Waals surface area contributed by atoms with Gasteiger partial charge in [0.15, 0.2) is 5.13 Å². The summed E-state index contributed by atoms with van der Waals surface area (Å²) in [5, 5.41) is 3.91. The van der Waals surface area contributed by atoms with E-state index in [9.17, 15) is 4.79 Å². The van der Waals surface area contributed by atoms with E-state index in [1.54, 1.807) is 11.3 Å². The number of allylic oxidation sites excluding steroid dienone is 1. The minimum atomic E-state index is -0.280. The molecule has 1 aromatic carbocycles. The molecule has 1 atom stereocenters. The van der Waals surface area contributed by atoms with Crippen molar-refractivity contribution in [3.8, 4) is 0 Å². The summed E-state index contributed by atoms with van der Waals surface area (Å²) in [4.78, 5) is 19.3. The van der Waals surface area contributed by atoms with Crippen LogP contribution in [0.25, 0.3) is 10.2 Å². The van der Waals surface area contributed by atoms with E-state index >= 15 is 0 Å². The van der Waals surface area contributed by atoms with Crippen molar-refractivity contribution in [2.24, 2.45) is 5.41 Å². The summed E-state index contributed by atoms with van der Waals surface area (Å²) >= 11 is 1.64. The van der Waals surface area contributed by atoms with E-state index in [0.717, 1.165) is 59.1 Å². The molecular formula is C16H18N4OS. The largest absolute Gasteiger partial charge is 0.399 e. The van der Waals surface area contributed by atoms with Gasteiger partial charge in [-0.1, -0.05) is 17.9 Å². The highest BCUT2D eigenvalue weighted by atomic mass is 32.1. The van der Waals surface area contributed by atoms with Gasteiger partial charge in [0.25, 0.3) is 0 Å². The van der Waals surface area contributed by atoms with Crippen LogP contribution in [0.5, 0.6) is 0 Å². The molecule has 2 fully saturated rings. The molecule has 1 amide bonds. The summed E-state index contributed by atoms with van der Waals surface area (Å²) in [6.07, 6.45) is 2.63. The maximum atomic E-state index is 12.4. The van der Waals surface area contributed by atoms with Crippen LogP contribution in [-0.4, -0.2) is 24.0 Å². The molecule has 0 saturated carbocycles. The number of thiazole rings is 1. The number of piperidine rings is 1. The van der Waals surface area contributed by atoms with E-state index in [1.807, 2.05) is 18.2 Å². The second-order valence-corrected chi connectivity index (χ2v) is 7.24. The third kappa shape index (κ3) is 2.06. The Bertz CT molecular complexity index is 784. The number of carbonyl (C=O) groups is 1. The molecular weight excluding hydrogens is 296 g/mol. The van der Waals surface area contributed by atoms with Crippen LogP contribution in [0.4, 0.5) is 10.8 Å². The Hall–Kier alpha value is -2.08. The first-order valence-corrected chi connectivity index (χ1v) is 8.28. The van der Waals surface area contributed by atoms with E-state index < -0.39 is 0 Å². The molecule has 3 N–H and O–H groups in total. The van der Waals surface area contributed by atoms with Crippen LogP contribution in [0.15, 0.2) is 30.5 Å². The molecule has 0 bridgehead atoms. The summed E-state index contributed by atoms with van der Waals surface area (Å²) in [6, 6.07) is 5.78. The zero-order valence-electron chi connectivity index (χ0n) is 12.3. The first-order valence-electron chi connectivity index (χ1n) is 7.46. The third-order valence-corrected chi connectivity index (χ3v) is 5.78. The quantitative estimate of drug-likeness (QED) is 0.793. The number of benzene rings is 1. The molecule has 2 saturated heterocycles. The van der Waals surface area contributed by atoms with Crippen LogP contribution < -0.4 is 16.0 Å². The van der Waals surface area contributed by atoms with Crippen LogP contribution in [-0.2, 0) is 4.79 Å². The Balaban J connectivity index is 1.61. The van der Waals surface area contributed by atoms with E-state index in [2.05, 4.69) is 16.8 Å². The van der Waals surface area contributed by atoms with E-state index in [-0.39, 0.29) is 11.3 Å². The van der Waals surface area contributed by atoms with E-state index in [1.165, 1.54) is 0 Å². The fourth-order valence-electron chi connectivity index (χ4n) is 3.35. The summed E-state index contributed by atoms with van der Waals surface area (Å²) in [6.45, 7) is 5.47. The van der Waals surface area contributed by atoms with Gasteiger partial charge in [0.2, 0.25) is 5.91 Å². The number of aromatic nitrogens is 1. The van der Waals surface area contributed by atoms with Crippen molar-refractivity contribution >= 4 is 38.3 Å². The summed E-state index contributed by atoms with van der Waals surface area (Å²) < 4.78 is 1.09. The highest BCUT2D eigenvalue weighted by Crippen LogP contribution is 2.42. The van der Waals surface area contributed by atoms with Crippen LogP contribution in [0.1, 0.15) is 19.3 Å². The number of carbonyl (C=O) groups excluding carboxylic acids is 1. The molecule has 0 aliphatic carbocycles. The zero-order chi connectivity index (χ0) is 15.3. The van der Waals surface area contributed by atoms with Crippen molar-refractivity contribution in [1.82, 2.24) is 10.3 Å². The van der Waals surface area contributed by atoms with Crippen molar-refractivity contribution in [1.29, 1.82) is 0 Å². The van der Waals surface area contributed by atoms with E-state index in [4.69, 9.17) is 10.7 Å². The Kier molecular flexibility index (Phi) is 2.91. The summed E-state index contributed by atoms with van der Waals surface area (Å²) in [5.74, 6) is 0.122. The number of hydrogen-bond donors (Lipinski definition) is 2. The number of amides is 1. The monoisotopic (exact) mass is 314 g/mol. The van der Waals surface area contributed by atoms with Crippen molar-refractivity contribution in [3.63, 3.8) is 0 Å². The average molecular weight is 314 g/mol. The molecule has 5 nitrogen and oxygen atoms in total. The van der Waals surface area contributed by atoms with Gasteiger partial charge in [-0.2, -0.15) is 0 Å². The second kappa shape index (κ2) is 4.71. The van der Waals surface area contributed by atoms with Crippen molar-refractivity contribution < 1.29 is 4.79 Å². The number of nitrogens with one attached hydrogen (secondary N) is 1. The normalized spacial score (nSPS) is 25.2. The summed E-state index contributed by atoms with van der Waals surface area (Å²) in [5.41, 5.74) is 8.12. The molecule has 1 aromatic heterocycles. The smallest absolute Gasteiger partial charge is 0.232 e. The van der Waals surface area contributed by atoms with Crippen LogP contribution in [0.2, 0.25) is 0 Å². The third-order valence-electron chi connectivity index (χ3n) is 4.70. The van der Waals surface area contributed by atoms with Crippen LogP contribution >= 0.6 is 11.3 Å². The number of rotatable bonds is 1. The van der Waals surface area contributed by atoms with Gasteiger partial charge in [0.1, 0.15) is 0 Å². The molecule has 22 heavy (non-hydrogen) atoms. The minimum Gasteiger partial charge on any atom is -0.399 e. The topological polar surface area (TPSA) is 71.2 Å². The van der Waals surface area contributed by atoms with Gasteiger partial charge in [-0.15, -0.1) is 0 Å². The fraction of sp³-hybridized carbons (Fsp3) is 0.375. The lowest BCUT2D eigenvalue weighted by Gasteiger charge is -2.33. The van der Waals surface area contributed by atoms with Gasteiger partial charge in [-0.25, -0.2) is 4.98 Å². The molecule has 4 rings (SSSR count). The molecule has 3 heterocycles. The van der Waals surface area contributed by atoms with Gasteiger partial charge in [-0.05, 0) is 37.5 Å². The minimum absolute atomic E-state index is 0.122. The molecule has 0 radical (unpaired) electrons. The Morgan fingerprint density at radius 3 is 3.09 bits per heavy atom. The molecule has 6 heteroatoms. The average Bonchev–Trinajstić information content (AvgIpc) is 3.08. The molecule has 114 valence electrons. The standard InChI is InChI=1S/C16H18N4OS/c1-10-4-5-16(14(21)18-10)6-7-20(9-16)15-19-12-3-2-11(17)8-13(12)22-15/h2-3,8H,1,4-7,9,17H2,(H,18,21). The maximum absolute atomic E-state index is 12.4. The Morgan fingerprint density at radius 1 is 1.41 bits per heavy atom. The summed E-state index contributed by atoms with van der Waals surface area (Å²) in [7, 11) is 0. The molecule has 2 aliphatic heterocycles. The predicted molar refractivity (Wildman–Crippen MR) is 89.8 cm³/mol. The van der Waals surface area contributed by atoms with Gasteiger partial charge in [0.05, 0.1) is 15.6 Å². The van der Waals surface area contributed by atoms with Gasteiger partial charge >= 0.3 is 0 Å². The van der Waals surface area contributed by atoms with Crippen LogP contribution in [0, 0.1) is 5.41 Å². The number of nitrogens with two attached hydrogens (primary N) is 1. The second-order valence-electron chi connectivity index (χ2n) is 6.23. The highest BCUT2D eigenvalue weighted by Gasteiger charge is 2.47.